The van der Waals surface area contributed by atoms with Crippen LogP contribution in [0.4, 0.5) is 4.79 Å². The van der Waals surface area contributed by atoms with Gasteiger partial charge in [0, 0.05) is 16.9 Å². The van der Waals surface area contributed by atoms with Crippen molar-refractivity contribution in [3.05, 3.63) is 50.9 Å². The maximum atomic E-state index is 11.6. The zero-order chi connectivity index (χ0) is 15.2. The molecule has 0 fully saturated rings. The molecule has 0 unspecified atom stereocenters. The molecule has 2 aromatic rings. The largest absolute Gasteiger partial charge is 0.476 e. The van der Waals surface area contributed by atoms with Crippen molar-refractivity contribution in [2.24, 2.45) is 0 Å². The Labute approximate surface area is 129 Å². The lowest BCUT2D eigenvalue weighted by molar-refractivity contribution is 0.0691. The van der Waals surface area contributed by atoms with Gasteiger partial charge in [0.2, 0.25) is 0 Å². The molecule has 3 N–H and O–H groups in total. The molecule has 0 atom stereocenters. The normalized spacial score (nSPS) is 10.1. The molecular weight excluding hydrogens is 314 g/mol. The van der Waals surface area contributed by atoms with Crippen LogP contribution in [0, 0.1) is 0 Å². The highest BCUT2D eigenvalue weighted by Crippen LogP contribution is 2.10. The van der Waals surface area contributed by atoms with E-state index in [-0.39, 0.29) is 18.3 Å². The van der Waals surface area contributed by atoms with Gasteiger partial charge in [0.05, 0.1) is 6.54 Å². The molecule has 0 aliphatic rings. The van der Waals surface area contributed by atoms with Crippen molar-refractivity contribution in [2.45, 2.75) is 13.1 Å². The first kappa shape index (κ1) is 15.3. The topological polar surface area (TPSA) is 91.3 Å². The van der Waals surface area contributed by atoms with Gasteiger partial charge >= 0.3 is 12.0 Å². The molecular formula is C13H12ClN3O3S. The van der Waals surface area contributed by atoms with Crippen molar-refractivity contribution in [2.75, 3.05) is 0 Å². The second kappa shape index (κ2) is 7.05. The standard InChI is InChI=1S/C13H12ClN3O3S/c14-9-3-1-8(2-4-9)5-15-13(20)16-6-11-17-10(7-21-11)12(18)19/h1-4,7H,5-6H2,(H,18,19)(H2,15,16,20). The van der Waals surface area contributed by atoms with E-state index in [1.165, 1.54) is 16.7 Å². The summed E-state index contributed by atoms with van der Waals surface area (Å²) in [7, 11) is 0. The van der Waals surface area contributed by atoms with Crippen LogP contribution >= 0.6 is 22.9 Å². The summed E-state index contributed by atoms with van der Waals surface area (Å²) in [6.45, 7) is 0.561. The number of hydrogen-bond acceptors (Lipinski definition) is 4. The van der Waals surface area contributed by atoms with E-state index >= 15 is 0 Å². The number of nitrogens with one attached hydrogen (secondary N) is 2. The number of carbonyl (C=O) groups excluding carboxylic acids is 1. The summed E-state index contributed by atoms with van der Waals surface area (Å²) < 4.78 is 0. The molecule has 1 aromatic carbocycles. The molecule has 1 heterocycles. The smallest absolute Gasteiger partial charge is 0.355 e. The Morgan fingerprint density at radius 2 is 1.86 bits per heavy atom. The van der Waals surface area contributed by atoms with Crippen LogP contribution in [-0.2, 0) is 13.1 Å². The van der Waals surface area contributed by atoms with Gasteiger partial charge in [-0.05, 0) is 17.7 Å². The number of carbonyl (C=O) groups is 2. The average Bonchev–Trinajstić information content (AvgIpc) is 2.93. The zero-order valence-corrected chi connectivity index (χ0v) is 12.4. The molecule has 2 rings (SSSR count). The minimum Gasteiger partial charge on any atom is -0.476 e. The molecule has 0 saturated heterocycles. The Morgan fingerprint density at radius 1 is 1.19 bits per heavy atom. The highest BCUT2D eigenvalue weighted by molar-refractivity contribution is 7.09. The van der Waals surface area contributed by atoms with Crippen LogP contribution in [0.15, 0.2) is 29.6 Å². The van der Waals surface area contributed by atoms with E-state index in [0.29, 0.717) is 16.6 Å². The summed E-state index contributed by atoms with van der Waals surface area (Å²) in [5.74, 6) is -1.08. The molecule has 2 amide bonds. The molecule has 0 saturated carbocycles. The Balaban J connectivity index is 1.76. The van der Waals surface area contributed by atoms with Crippen molar-refractivity contribution < 1.29 is 14.7 Å². The number of benzene rings is 1. The third kappa shape index (κ3) is 4.73. The van der Waals surface area contributed by atoms with Gasteiger partial charge in [-0.25, -0.2) is 14.6 Å². The Hall–Kier alpha value is -2.12. The van der Waals surface area contributed by atoms with E-state index in [1.54, 1.807) is 12.1 Å². The zero-order valence-electron chi connectivity index (χ0n) is 10.8. The number of carboxylic acids is 1. The Morgan fingerprint density at radius 3 is 2.48 bits per heavy atom. The first-order chi connectivity index (χ1) is 10.0. The number of hydrogen-bond donors (Lipinski definition) is 3. The average molecular weight is 326 g/mol. The van der Waals surface area contributed by atoms with Crippen LogP contribution < -0.4 is 10.6 Å². The van der Waals surface area contributed by atoms with Gasteiger partial charge < -0.3 is 15.7 Å². The van der Waals surface area contributed by atoms with Gasteiger partial charge in [-0.2, -0.15) is 0 Å². The number of aromatic nitrogens is 1. The summed E-state index contributed by atoms with van der Waals surface area (Å²) in [6, 6.07) is 6.79. The molecule has 21 heavy (non-hydrogen) atoms. The molecule has 110 valence electrons. The summed E-state index contributed by atoms with van der Waals surface area (Å²) in [4.78, 5) is 26.2. The van der Waals surface area contributed by atoms with Gasteiger partial charge in [-0.3, -0.25) is 0 Å². The minimum absolute atomic E-state index is 0.0154. The predicted octanol–water partition coefficient (Wildman–Crippen LogP) is 2.49. The molecule has 0 bridgehead atoms. The van der Waals surface area contributed by atoms with E-state index in [2.05, 4.69) is 15.6 Å². The fourth-order valence-corrected chi connectivity index (χ4v) is 2.33. The van der Waals surface area contributed by atoms with Crippen molar-refractivity contribution >= 4 is 34.9 Å². The number of amides is 2. The van der Waals surface area contributed by atoms with Gasteiger partial charge in [0.1, 0.15) is 5.01 Å². The van der Waals surface area contributed by atoms with E-state index in [4.69, 9.17) is 16.7 Å². The summed E-state index contributed by atoms with van der Waals surface area (Å²) in [5, 5.41) is 16.6. The monoisotopic (exact) mass is 325 g/mol. The van der Waals surface area contributed by atoms with Crippen molar-refractivity contribution in [1.82, 2.24) is 15.6 Å². The van der Waals surface area contributed by atoms with E-state index in [0.717, 1.165) is 5.56 Å². The number of carboxylic acid groups (broad SMARTS) is 1. The maximum absolute atomic E-state index is 11.6. The number of aromatic carboxylic acids is 1. The highest BCUT2D eigenvalue weighted by Gasteiger charge is 2.09. The minimum atomic E-state index is -1.08. The van der Waals surface area contributed by atoms with E-state index in [9.17, 15) is 9.59 Å². The third-order valence-corrected chi connectivity index (χ3v) is 3.64. The maximum Gasteiger partial charge on any atom is 0.355 e. The summed E-state index contributed by atoms with van der Waals surface area (Å²) in [5.41, 5.74) is 0.912. The predicted molar refractivity (Wildman–Crippen MR) is 79.6 cm³/mol. The number of urea groups is 1. The third-order valence-electron chi connectivity index (χ3n) is 2.54. The van der Waals surface area contributed by atoms with Crippen LogP contribution in [0.25, 0.3) is 0 Å². The number of thiazole rings is 1. The quantitative estimate of drug-likeness (QED) is 0.787. The fourth-order valence-electron chi connectivity index (χ4n) is 1.49. The van der Waals surface area contributed by atoms with Gasteiger partial charge in [-0.15, -0.1) is 11.3 Å². The molecule has 0 spiro atoms. The Kier molecular flexibility index (Phi) is 5.13. The number of halogens is 1. The van der Waals surface area contributed by atoms with Gasteiger partial charge in [0.25, 0.3) is 0 Å². The molecule has 1 aromatic heterocycles. The fraction of sp³-hybridized carbons (Fsp3) is 0.154. The first-order valence-electron chi connectivity index (χ1n) is 5.98. The van der Waals surface area contributed by atoms with Crippen LogP contribution in [0.2, 0.25) is 5.02 Å². The SMILES string of the molecule is O=C(NCc1ccc(Cl)cc1)NCc1nc(C(=O)O)cs1. The van der Waals surface area contributed by atoms with Crippen LogP contribution in [0.3, 0.4) is 0 Å². The lowest BCUT2D eigenvalue weighted by Gasteiger charge is -2.06. The molecule has 8 heteroatoms. The second-order valence-corrected chi connectivity index (χ2v) is 5.47. The highest BCUT2D eigenvalue weighted by atomic mass is 35.5. The van der Waals surface area contributed by atoms with Crippen molar-refractivity contribution in [3.8, 4) is 0 Å². The van der Waals surface area contributed by atoms with Crippen molar-refractivity contribution in [1.29, 1.82) is 0 Å². The lowest BCUT2D eigenvalue weighted by atomic mass is 10.2. The lowest BCUT2D eigenvalue weighted by Crippen LogP contribution is -2.34. The van der Waals surface area contributed by atoms with Crippen LogP contribution in [0.1, 0.15) is 21.1 Å². The van der Waals surface area contributed by atoms with Crippen molar-refractivity contribution in [3.63, 3.8) is 0 Å². The van der Waals surface area contributed by atoms with Crippen LogP contribution in [-0.4, -0.2) is 22.1 Å². The van der Waals surface area contributed by atoms with Gasteiger partial charge in [0.15, 0.2) is 5.69 Å². The van der Waals surface area contributed by atoms with Crippen LogP contribution in [0.5, 0.6) is 0 Å². The van der Waals surface area contributed by atoms with Gasteiger partial charge in [-0.1, -0.05) is 23.7 Å². The number of nitrogens with zero attached hydrogens (tertiary/aromatic N) is 1. The molecule has 6 nitrogen and oxygen atoms in total. The first-order valence-corrected chi connectivity index (χ1v) is 7.24. The summed E-state index contributed by atoms with van der Waals surface area (Å²) in [6.07, 6.45) is 0. The van der Waals surface area contributed by atoms with E-state index < -0.39 is 5.97 Å². The Bertz CT molecular complexity index is 642. The molecule has 0 aliphatic carbocycles. The second-order valence-electron chi connectivity index (χ2n) is 4.09. The molecule has 0 aliphatic heterocycles. The molecule has 0 radical (unpaired) electrons. The van der Waals surface area contributed by atoms with E-state index in [1.807, 2.05) is 12.1 Å². The summed E-state index contributed by atoms with van der Waals surface area (Å²) >= 11 is 6.96. The number of rotatable bonds is 5.